The smallest absolute Gasteiger partial charge is 0.299 e. The highest BCUT2D eigenvalue weighted by molar-refractivity contribution is 5.26. The van der Waals surface area contributed by atoms with Crippen LogP contribution in [0.25, 0.3) is 0 Å². The number of hydrogen-bond donors (Lipinski definition) is 3. The van der Waals surface area contributed by atoms with E-state index in [-0.39, 0.29) is 23.9 Å². The van der Waals surface area contributed by atoms with Gasteiger partial charge >= 0.3 is 0 Å². The molecule has 2 rings (SSSR count). The topological polar surface area (TPSA) is 52.5 Å². The number of nitrogens with one attached hydrogen (secondary N) is 1. The van der Waals surface area contributed by atoms with Crippen molar-refractivity contribution < 1.29 is 19.0 Å². The molecule has 124 valence electrons. The Bertz CT molecular complexity index is 602. The molecule has 5 heteroatoms. The highest BCUT2D eigenvalue weighted by Crippen LogP contribution is 2.31. The average Bonchev–Trinajstić information content (AvgIpc) is 2.55. The van der Waals surface area contributed by atoms with Gasteiger partial charge in [0.2, 0.25) is 0 Å². The Labute approximate surface area is 134 Å². The Morgan fingerprint density at radius 2 is 1.65 bits per heavy atom. The molecule has 2 aromatic carbocycles. The molecular formula is C18H21F2NO2. The summed E-state index contributed by atoms with van der Waals surface area (Å²) in [5.74, 6) is -3.11. The van der Waals surface area contributed by atoms with Gasteiger partial charge in [-0.2, -0.15) is 8.78 Å². The highest BCUT2D eigenvalue weighted by atomic mass is 19.3. The summed E-state index contributed by atoms with van der Waals surface area (Å²) in [6, 6.07) is 14.0. The normalized spacial score (nSPS) is 14.4. The summed E-state index contributed by atoms with van der Waals surface area (Å²) in [4.78, 5) is 0. The molecule has 0 bridgehead atoms. The maximum absolute atomic E-state index is 14.2. The van der Waals surface area contributed by atoms with Gasteiger partial charge in [0.05, 0.1) is 0 Å². The highest BCUT2D eigenvalue weighted by Gasteiger charge is 2.40. The Balaban J connectivity index is 1.88. The van der Waals surface area contributed by atoms with E-state index in [1.165, 1.54) is 24.3 Å². The van der Waals surface area contributed by atoms with E-state index in [1.54, 1.807) is 30.3 Å². The first-order valence-corrected chi connectivity index (χ1v) is 7.52. The monoisotopic (exact) mass is 321 g/mol. The largest absolute Gasteiger partial charge is 0.508 e. The van der Waals surface area contributed by atoms with Crippen LogP contribution in [0.4, 0.5) is 8.78 Å². The standard InChI is InChI=1S/C18H21F2NO2/c1-13(11-14-7-9-16(22)10-8-14)21-12-17(23)18(19,20)15-5-3-2-4-6-15/h2-10,13,17,21-23H,11-12H2,1H3. The number of benzene rings is 2. The van der Waals surface area contributed by atoms with E-state index in [4.69, 9.17) is 0 Å². The lowest BCUT2D eigenvalue weighted by Crippen LogP contribution is -2.42. The Kier molecular flexibility index (Phi) is 5.69. The summed E-state index contributed by atoms with van der Waals surface area (Å²) in [6.07, 6.45) is -1.18. The summed E-state index contributed by atoms with van der Waals surface area (Å²) in [6.45, 7) is 1.65. The minimum atomic E-state index is -3.30. The van der Waals surface area contributed by atoms with Crippen LogP contribution in [0.3, 0.4) is 0 Å². The second kappa shape index (κ2) is 7.53. The summed E-state index contributed by atoms with van der Waals surface area (Å²) < 4.78 is 28.3. The number of aromatic hydroxyl groups is 1. The molecule has 23 heavy (non-hydrogen) atoms. The number of hydrogen-bond acceptors (Lipinski definition) is 3. The van der Waals surface area contributed by atoms with E-state index >= 15 is 0 Å². The number of aliphatic hydroxyl groups excluding tert-OH is 1. The molecule has 0 saturated carbocycles. The van der Waals surface area contributed by atoms with E-state index in [0.717, 1.165) is 5.56 Å². The van der Waals surface area contributed by atoms with Crippen molar-refractivity contribution in [2.75, 3.05) is 6.54 Å². The summed E-state index contributed by atoms with van der Waals surface area (Å²) in [5, 5.41) is 22.0. The summed E-state index contributed by atoms with van der Waals surface area (Å²) in [7, 11) is 0. The van der Waals surface area contributed by atoms with Crippen molar-refractivity contribution in [2.45, 2.75) is 31.4 Å². The molecule has 0 spiro atoms. The van der Waals surface area contributed by atoms with Crippen LogP contribution in [0.1, 0.15) is 18.1 Å². The van der Waals surface area contributed by atoms with Crippen LogP contribution in [-0.2, 0) is 12.3 Å². The first-order chi connectivity index (χ1) is 10.9. The molecule has 0 amide bonds. The summed E-state index contributed by atoms with van der Waals surface area (Å²) >= 11 is 0. The lowest BCUT2D eigenvalue weighted by molar-refractivity contribution is -0.113. The molecule has 2 aromatic rings. The van der Waals surface area contributed by atoms with Gasteiger partial charge in [-0.1, -0.05) is 42.5 Å². The zero-order chi connectivity index (χ0) is 16.9. The van der Waals surface area contributed by atoms with Crippen LogP contribution in [0.5, 0.6) is 5.75 Å². The second-order valence-electron chi connectivity index (χ2n) is 5.68. The third-order valence-corrected chi connectivity index (χ3v) is 3.72. The molecule has 3 N–H and O–H groups in total. The van der Waals surface area contributed by atoms with Crippen molar-refractivity contribution in [3.8, 4) is 5.75 Å². The fourth-order valence-corrected chi connectivity index (χ4v) is 2.35. The Morgan fingerprint density at radius 3 is 2.26 bits per heavy atom. The molecular weight excluding hydrogens is 300 g/mol. The third kappa shape index (κ3) is 4.74. The van der Waals surface area contributed by atoms with Crippen LogP contribution in [0, 0.1) is 0 Å². The summed E-state index contributed by atoms with van der Waals surface area (Å²) in [5.41, 5.74) is 0.785. The lowest BCUT2D eigenvalue weighted by Gasteiger charge is -2.25. The molecule has 0 saturated heterocycles. The first-order valence-electron chi connectivity index (χ1n) is 7.52. The predicted octanol–water partition coefficient (Wildman–Crippen LogP) is 3.07. The molecule has 0 heterocycles. The number of alkyl halides is 2. The third-order valence-electron chi connectivity index (χ3n) is 3.72. The van der Waals surface area contributed by atoms with Crippen molar-refractivity contribution in [3.63, 3.8) is 0 Å². The van der Waals surface area contributed by atoms with Gasteiger partial charge in [-0.25, -0.2) is 0 Å². The van der Waals surface area contributed by atoms with Gasteiger partial charge in [0, 0.05) is 18.2 Å². The van der Waals surface area contributed by atoms with Gasteiger partial charge in [0.15, 0.2) is 0 Å². The van der Waals surface area contributed by atoms with E-state index < -0.39 is 12.0 Å². The van der Waals surface area contributed by atoms with E-state index in [9.17, 15) is 19.0 Å². The van der Waals surface area contributed by atoms with Gasteiger partial charge in [-0.3, -0.25) is 0 Å². The SMILES string of the molecule is CC(Cc1ccc(O)cc1)NCC(O)C(F)(F)c1ccccc1. The lowest BCUT2D eigenvalue weighted by atomic mass is 10.0. The van der Waals surface area contributed by atoms with Crippen molar-refractivity contribution in [1.82, 2.24) is 5.32 Å². The van der Waals surface area contributed by atoms with Crippen molar-refractivity contribution in [2.24, 2.45) is 0 Å². The minimum absolute atomic E-state index is 0.0826. The van der Waals surface area contributed by atoms with Gasteiger partial charge in [0.1, 0.15) is 11.9 Å². The minimum Gasteiger partial charge on any atom is -0.508 e. The van der Waals surface area contributed by atoms with Crippen LogP contribution < -0.4 is 5.32 Å². The van der Waals surface area contributed by atoms with Crippen LogP contribution in [-0.4, -0.2) is 28.9 Å². The zero-order valence-electron chi connectivity index (χ0n) is 12.9. The van der Waals surface area contributed by atoms with Gasteiger partial charge < -0.3 is 15.5 Å². The fraction of sp³-hybridized carbons (Fsp3) is 0.333. The van der Waals surface area contributed by atoms with E-state index in [1.807, 2.05) is 6.92 Å². The molecule has 2 atom stereocenters. The molecule has 0 radical (unpaired) electrons. The van der Waals surface area contributed by atoms with Gasteiger partial charge in [0.25, 0.3) is 5.92 Å². The average molecular weight is 321 g/mol. The first kappa shape index (κ1) is 17.4. The van der Waals surface area contributed by atoms with Crippen LogP contribution >= 0.6 is 0 Å². The molecule has 0 aliphatic heterocycles. The molecule has 3 nitrogen and oxygen atoms in total. The van der Waals surface area contributed by atoms with Crippen LogP contribution in [0.15, 0.2) is 54.6 Å². The molecule has 0 aromatic heterocycles. The quantitative estimate of drug-likeness (QED) is 0.735. The maximum atomic E-state index is 14.2. The van der Waals surface area contributed by atoms with Crippen molar-refractivity contribution in [3.05, 3.63) is 65.7 Å². The fourth-order valence-electron chi connectivity index (χ4n) is 2.35. The molecule has 0 aliphatic rings. The molecule has 0 aliphatic carbocycles. The number of rotatable bonds is 7. The molecule has 0 fully saturated rings. The van der Waals surface area contributed by atoms with E-state index in [0.29, 0.717) is 6.42 Å². The number of phenolic OH excluding ortho intramolecular Hbond substituents is 1. The maximum Gasteiger partial charge on any atom is 0.299 e. The Morgan fingerprint density at radius 1 is 1.04 bits per heavy atom. The zero-order valence-corrected chi connectivity index (χ0v) is 12.9. The number of phenols is 1. The second-order valence-corrected chi connectivity index (χ2v) is 5.68. The van der Waals surface area contributed by atoms with E-state index in [2.05, 4.69) is 5.32 Å². The number of aliphatic hydroxyl groups is 1. The van der Waals surface area contributed by atoms with Gasteiger partial charge in [-0.15, -0.1) is 0 Å². The molecule has 2 unspecified atom stereocenters. The van der Waals surface area contributed by atoms with Gasteiger partial charge in [-0.05, 0) is 31.0 Å². The van der Waals surface area contributed by atoms with Crippen molar-refractivity contribution >= 4 is 0 Å². The number of halogens is 2. The van der Waals surface area contributed by atoms with Crippen molar-refractivity contribution in [1.29, 1.82) is 0 Å². The van der Waals surface area contributed by atoms with Crippen LogP contribution in [0.2, 0.25) is 0 Å². The predicted molar refractivity (Wildman–Crippen MR) is 85.6 cm³/mol. The Hall–Kier alpha value is -1.98.